The van der Waals surface area contributed by atoms with Crippen molar-refractivity contribution in [3.63, 3.8) is 0 Å². The van der Waals surface area contributed by atoms with Crippen molar-refractivity contribution in [2.45, 2.75) is 38.6 Å². The molecule has 0 amide bonds. The third-order valence-corrected chi connectivity index (χ3v) is 4.76. The number of carbonyl (C=O) groups excluding carboxylic acids is 1. The summed E-state index contributed by atoms with van der Waals surface area (Å²) in [6, 6.07) is 8.06. The number of fused-ring (bicyclic) bond motifs is 1. The van der Waals surface area contributed by atoms with Crippen molar-refractivity contribution in [1.82, 2.24) is 4.98 Å². The van der Waals surface area contributed by atoms with Gasteiger partial charge < -0.3 is 15.2 Å². The van der Waals surface area contributed by atoms with Crippen molar-refractivity contribution in [1.29, 1.82) is 0 Å². The van der Waals surface area contributed by atoms with Crippen LogP contribution in [0.2, 0.25) is 0 Å². The summed E-state index contributed by atoms with van der Waals surface area (Å²) in [6.07, 6.45) is 5.67. The number of pyridine rings is 1. The molecule has 2 atom stereocenters. The Kier molecular flexibility index (Phi) is 5.30. The number of aliphatic hydroxyl groups excluding tert-OH is 1. The minimum atomic E-state index is -0.352. The summed E-state index contributed by atoms with van der Waals surface area (Å²) in [7, 11) is 0. The molecule has 1 aliphatic rings. The largest absolute Gasteiger partial charge is 0.462 e. The second kappa shape index (κ2) is 7.62. The van der Waals surface area contributed by atoms with Crippen molar-refractivity contribution in [2.75, 3.05) is 18.5 Å². The predicted octanol–water partition coefficient (Wildman–Crippen LogP) is 3.37. The molecule has 2 aromatic rings. The SMILES string of the molecule is CCOC(=O)c1cnc2ccccc2c1NC1CCCC1CCO. The van der Waals surface area contributed by atoms with E-state index in [9.17, 15) is 9.90 Å². The summed E-state index contributed by atoms with van der Waals surface area (Å²) in [5.41, 5.74) is 2.13. The molecule has 2 unspecified atom stereocenters. The van der Waals surface area contributed by atoms with Gasteiger partial charge in [-0.1, -0.05) is 24.6 Å². The number of benzene rings is 1. The molecule has 0 bridgehead atoms. The third kappa shape index (κ3) is 3.36. The highest BCUT2D eigenvalue weighted by Gasteiger charge is 2.28. The summed E-state index contributed by atoms with van der Waals surface area (Å²) in [6.45, 7) is 2.33. The zero-order valence-corrected chi connectivity index (χ0v) is 14.0. The normalized spacial score (nSPS) is 20.2. The molecule has 0 spiro atoms. The first-order valence-electron chi connectivity index (χ1n) is 8.66. The molecule has 1 heterocycles. The van der Waals surface area contributed by atoms with E-state index < -0.39 is 0 Å². The maximum absolute atomic E-state index is 12.3. The Labute approximate surface area is 142 Å². The standard InChI is InChI=1S/C19H24N2O3/c1-2-24-19(23)15-12-20-17-8-4-3-7-14(17)18(15)21-16-9-5-6-13(16)10-11-22/h3-4,7-8,12-13,16,22H,2,5-6,9-11H2,1H3,(H,20,21). The average Bonchev–Trinajstić information content (AvgIpc) is 3.03. The van der Waals surface area contributed by atoms with Crippen LogP contribution < -0.4 is 5.32 Å². The molecular formula is C19H24N2O3. The van der Waals surface area contributed by atoms with E-state index in [0.29, 0.717) is 18.1 Å². The van der Waals surface area contributed by atoms with E-state index in [1.165, 1.54) is 0 Å². The van der Waals surface area contributed by atoms with Gasteiger partial charge in [0.2, 0.25) is 0 Å². The van der Waals surface area contributed by atoms with Crippen LogP contribution in [0, 0.1) is 5.92 Å². The zero-order valence-electron chi connectivity index (χ0n) is 14.0. The molecule has 128 valence electrons. The molecule has 5 heteroatoms. The van der Waals surface area contributed by atoms with Crippen molar-refractivity contribution >= 4 is 22.6 Å². The first-order valence-corrected chi connectivity index (χ1v) is 8.66. The number of anilines is 1. The number of aromatic nitrogens is 1. The van der Waals surface area contributed by atoms with Crippen molar-refractivity contribution in [3.8, 4) is 0 Å². The molecule has 0 radical (unpaired) electrons. The van der Waals surface area contributed by atoms with Gasteiger partial charge in [0.15, 0.2) is 0 Å². The predicted molar refractivity (Wildman–Crippen MR) is 94.2 cm³/mol. The Morgan fingerprint density at radius 3 is 3.00 bits per heavy atom. The molecule has 0 saturated heterocycles. The van der Waals surface area contributed by atoms with Crippen LogP contribution in [-0.4, -0.2) is 35.3 Å². The Bertz CT molecular complexity index is 717. The highest BCUT2D eigenvalue weighted by atomic mass is 16.5. The number of nitrogens with one attached hydrogen (secondary N) is 1. The van der Waals surface area contributed by atoms with Gasteiger partial charge in [-0.3, -0.25) is 4.98 Å². The molecule has 1 fully saturated rings. The van der Waals surface area contributed by atoms with Gasteiger partial charge >= 0.3 is 5.97 Å². The second-order valence-electron chi connectivity index (χ2n) is 6.24. The zero-order chi connectivity index (χ0) is 16.9. The number of nitrogens with zero attached hydrogens (tertiary/aromatic N) is 1. The maximum atomic E-state index is 12.3. The lowest BCUT2D eigenvalue weighted by Gasteiger charge is -2.23. The van der Waals surface area contributed by atoms with Gasteiger partial charge in [-0.15, -0.1) is 0 Å². The van der Waals surface area contributed by atoms with E-state index in [2.05, 4.69) is 10.3 Å². The molecule has 1 aromatic carbocycles. The van der Waals surface area contributed by atoms with E-state index in [0.717, 1.165) is 42.3 Å². The van der Waals surface area contributed by atoms with Crippen LogP contribution >= 0.6 is 0 Å². The van der Waals surface area contributed by atoms with Gasteiger partial charge in [-0.25, -0.2) is 4.79 Å². The highest BCUT2D eigenvalue weighted by molar-refractivity contribution is 6.04. The summed E-state index contributed by atoms with van der Waals surface area (Å²) in [4.78, 5) is 16.7. The molecule has 5 nitrogen and oxygen atoms in total. The number of hydrogen-bond acceptors (Lipinski definition) is 5. The lowest BCUT2D eigenvalue weighted by atomic mass is 9.98. The molecule has 0 aliphatic heterocycles. The Morgan fingerprint density at radius 2 is 2.21 bits per heavy atom. The summed E-state index contributed by atoms with van der Waals surface area (Å²) >= 11 is 0. The lowest BCUT2D eigenvalue weighted by Crippen LogP contribution is -2.26. The molecule has 2 N–H and O–H groups in total. The average molecular weight is 328 g/mol. The highest BCUT2D eigenvalue weighted by Crippen LogP contribution is 2.34. The minimum absolute atomic E-state index is 0.199. The molecule has 1 aromatic heterocycles. The first-order chi connectivity index (χ1) is 11.7. The fraction of sp³-hybridized carbons (Fsp3) is 0.474. The van der Waals surface area contributed by atoms with Gasteiger partial charge in [0.25, 0.3) is 0 Å². The van der Waals surface area contributed by atoms with E-state index in [4.69, 9.17) is 4.74 Å². The fourth-order valence-corrected chi connectivity index (χ4v) is 3.58. The van der Waals surface area contributed by atoms with Crippen LogP contribution in [0.15, 0.2) is 30.5 Å². The van der Waals surface area contributed by atoms with Gasteiger partial charge in [-0.05, 0) is 38.2 Å². The van der Waals surface area contributed by atoms with Gasteiger partial charge in [0, 0.05) is 24.2 Å². The smallest absolute Gasteiger partial charge is 0.341 e. The Hall–Kier alpha value is -2.14. The topological polar surface area (TPSA) is 71.5 Å². The van der Waals surface area contributed by atoms with Gasteiger partial charge in [-0.2, -0.15) is 0 Å². The van der Waals surface area contributed by atoms with Crippen molar-refractivity contribution in [2.24, 2.45) is 5.92 Å². The fourth-order valence-electron chi connectivity index (χ4n) is 3.58. The Balaban J connectivity index is 1.99. The van der Waals surface area contributed by atoms with Crippen LogP contribution in [0.25, 0.3) is 10.9 Å². The van der Waals surface area contributed by atoms with Crippen LogP contribution in [-0.2, 0) is 4.74 Å². The van der Waals surface area contributed by atoms with Crippen LogP contribution in [0.5, 0.6) is 0 Å². The van der Waals surface area contributed by atoms with Crippen molar-refractivity contribution in [3.05, 3.63) is 36.0 Å². The number of esters is 1. The maximum Gasteiger partial charge on any atom is 0.341 e. The van der Waals surface area contributed by atoms with Gasteiger partial charge in [0.1, 0.15) is 5.56 Å². The summed E-state index contributed by atoms with van der Waals surface area (Å²) in [5.74, 6) is 0.0759. The van der Waals surface area contributed by atoms with Crippen molar-refractivity contribution < 1.29 is 14.6 Å². The molecule has 24 heavy (non-hydrogen) atoms. The quantitative estimate of drug-likeness (QED) is 0.796. The number of rotatable bonds is 6. The summed E-state index contributed by atoms with van der Waals surface area (Å²) < 4.78 is 5.20. The lowest BCUT2D eigenvalue weighted by molar-refractivity contribution is 0.0527. The number of hydrogen-bond donors (Lipinski definition) is 2. The number of carbonyl (C=O) groups is 1. The minimum Gasteiger partial charge on any atom is -0.462 e. The van der Waals surface area contributed by atoms with Crippen LogP contribution in [0.4, 0.5) is 5.69 Å². The monoisotopic (exact) mass is 328 g/mol. The van der Waals surface area contributed by atoms with E-state index in [1.807, 2.05) is 24.3 Å². The third-order valence-electron chi connectivity index (χ3n) is 4.76. The molecule has 3 rings (SSSR count). The number of aliphatic hydroxyl groups is 1. The van der Waals surface area contributed by atoms with E-state index in [-0.39, 0.29) is 18.6 Å². The van der Waals surface area contributed by atoms with Crippen LogP contribution in [0.1, 0.15) is 43.0 Å². The molecule has 1 saturated carbocycles. The second-order valence-corrected chi connectivity index (χ2v) is 6.24. The van der Waals surface area contributed by atoms with E-state index >= 15 is 0 Å². The first kappa shape index (κ1) is 16.7. The number of ether oxygens (including phenoxy) is 1. The summed E-state index contributed by atoms with van der Waals surface area (Å²) in [5, 5.41) is 13.8. The van der Waals surface area contributed by atoms with E-state index in [1.54, 1.807) is 13.1 Å². The number of para-hydroxylation sites is 1. The Morgan fingerprint density at radius 1 is 1.38 bits per heavy atom. The van der Waals surface area contributed by atoms with Gasteiger partial charge in [0.05, 0.1) is 17.8 Å². The molecular weight excluding hydrogens is 304 g/mol. The molecule has 1 aliphatic carbocycles. The van der Waals surface area contributed by atoms with Crippen LogP contribution in [0.3, 0.4) is 0 Å².